The lowest BCUT2D eigenvalue weighted by atomic mass is 10.2. The summed E-state index contributed by atoms with van der Waals surface area (Å²) in [6.45, 7) is -0.183. The van der Waals surface area contributed by atoms with E-state index in [4.69, 9.17) is 26.3 Å². The van der Waals surface area contributed by atoms with Gasteiger partial charge in [-0.1, -0.05) is 11.6 Å². The molecule has 0 fully saturated rings. The highest BCUT2D eigenvalue weighted by Crippen LogP contribution is 2.25. The Bertz CT molecular complexity index is 708. The van der Waals surface area contributed by atoms with Crippen LogP contribution in [0.1, 0.15) is 5.56 Å². The van der Waals surface area contributed by atoms with Crippen molar-refractivity contribution >= 4 is 23.2 Å². The Morgan fingerprint density at radius 1 is 1.27 bits per heavy atom. The van der Waals surface area contributed by atoms with Crippen LogP contribution < -0.4 is 14.8 Å². The molecule has 0 saturated carbocycles. The van der Waals surface area contributed by atoms with Crippen LogP contribution >= 0.6 is 11.6 Å². The van der Waals surface area contributed by atoms with E-state index in [0.717, 1.165) is 0 Å². The molecule has 5 nitrogen and oxygen atoms in total. The molecule has 1 amide bonds. The molecule has 0 spiro atoms. The Hall–Kier alpha value is -2.71. The molecule has 0 aliphatic rings. The molecule has 0 unspecified atom stereocenters. The number of amides is 1. The number of carbonyl (C=O) groups excluding carboxylic acids is 1. The summed E-state index contributed by atoms with van der Waals surface area (Å²) < 4.78 is 10.4. The van der Waals surface area contributed by atoms with Gasteiger partial charge in [-0.2, -0.15) is 5.26 Å². The van der Waals surface area contributed by atoms with Crippen LogP contribution in [0.15, 0.2) is 42.5 Å². The van der Waals surface area contributed by atoms with Crippen LogP contribution in [0.4, 0.5) is 5.69 Å². The molecule has 0 heterocycles. The second-order valence-corrected chi connectivity index (χ2v) is 4.73. The number of nitriles is 1. The van der Waals surface area contributed by atoms with E-state index in [1.165, 1.54) is 6.07 Å². The molecule has 0 aromatic heterocycles. The number of hydrogen-bond acceptors (Lipinski definition) is 4. The third-order valence-corrected chi connectivity index (χ3v) is 3.09. The van der Waals surface area contributed by atoms with E-state index in [-0.39, 0.29) is 17.5 Å². The van der Waals surface area contributed by atoms with Gasteiger partial charge in [-0.3, -0.25) is 4.79 Å². The maximum absolute atomic E-state index is 11.8. The van der Waals surface area contributed by atoms with Gasteiger partial charge in [0.15, 0.2) is 6.61 Å². The van der Waals surface area contributed by atoms with Gasteiger partial charge in [0.25, 0.3) is 5.91 Å². The highest BCUT2D eigenvalue weighted by atomic mass is 35.5. The summed E-state index contributed by atoms with van der Waals surface area (Å²) in [7, 11) is 1.57. The zero-order valence-corrected chi connectivity index (χ0v) is 12.6. The molecule has 0 radical (unpaired) electrons. The van der Waals surface area contributed by atoms with Crippen molar-refractivity contribution in [3.05, 3.63) is 53.1 Å². The van der Waals surface area contributed by atoms with Crippen molar-refractivity contribution in [1.82, 2.24) is 0 Å². The number of nitrogens with zero attached hydrogens (tertiary/aromatic N) is 1. The van der Waals surface area contributed by atoms with Gasteiger partial charge in [-0.05, 0) is 42.5 Å². The van der Waals surface area contributed by atoms with Gasteiger partial charge < -0.3 is 14.8 Å². The molecule has 1 N–H and O–H groups in total. The largest absolute Gasteiger partial charge is 0.497 e. The van der Waals surface area contributed by atoms with E-state index in [9.17, 15) is 4.79 Å². The number of hydrogen-bond donors (Lipinski definition) is 1. The molecule has 0 aliphatic carbocycles. The number of benzene rings is 2. The summed E-state index contributed by atoms with van der Waals surface area (Å²) in [6.07, 6.45) is 0. The monoisotopic (exact) mass is 316 g/mol. The smallest absolute Gasteiger partial charge is 0.262 e. The lowest BCUT2D eigenvalue weighted by Gasteiger charge is -2.09. The standard InChI is InChI=1S/C16H13ClN2O3/c1-21-13-5-3-12(4-6-13)19-16(20)10-22-15-7-2-11(9-18)8-14(15)17/h2-8H,10H2,1H3,(H,19,20). The molecule has 2 rings (SSSR count). The van der Waals surface area contributed by atoms with Crippen molar-refractivity contribution in [2.24, 2.45) is 0 Å². The lowest BCUT2D eigenvalue weighted by molar-refractivity contribution is -0.118. The number of anilines is 1. The lowest BCUT2D eigenvalue weighted by Crippen LogP contribution is -2.20. The maximum atomic E-state index is 11.8. The van der Waals surface area contributed by atoms with Crippen molar-refractivity contribution in [1.29, 1.82) is 5.26 Å². The fourth-order valence-corrected chi connectivity index (χ4v) is 1.94. The summed E-state index contributed by atoms with van der Waals surface area (Å²) in [5.41, 5.74) is 1.07. The molecule has 0 saturated heterocycles. The van der Waals surface area contributed by atoms with Crippen molar-refractivity contribution in [3.8, 4) is 17.6 Å². The fraction of sp³-hybridized carbons (Fsp3) is 0.125. The van der Waals surface area contributed by atoms with E-state index in [2.05, 4.69) is 5.32 Å². The average Bonchev–Trinajstić information content (AvgIpc) is 2.54. The van der Waals surface area contributed by atoms with E-state index < -0.39 is 0 Å². The Kier molecular flexibility index (Phi) is 5.23. The van der Waals surface area contributed by atoms with Crippen LogP contribution in [-0.2, 0) is 4.79 Å². The summed E-state index contributed by atoms with van der Waals surface area (Å²) in [6, 6.07) is 13.5. The van der Waals surface area contributed by atoms with Gasteiger partial charge in [0.1, 0.15) is 11.5 Å². The highest BCUT2D eigenvalue weighted by molar-refractivity contribution is 6.32. The minimum absolute atomic E-state index is 0.183. The average molecular weight is 317 g/mol. The van der Waals surface area contributed by atoms with Crippen LogP contribution in [0.2, 0.25) is 5.02 Å². The first kappa shape index (κ1) is 15.7. The maximum Gasteiger partial charge on any atom is 0.262 e. The predicted molar refractivity (Wildman–Crippen MR) is 83.3 cm³/mol. The van der Waals surface area contributed by atoms with Crippen LogP contribution in [0.5, 0.6) is 11.5 Å². The first-order chi connectivity index (χ1) is 10.6. The number of halogens is 1. The van der Waals surface area contributed by atoms with Crippen LogP contribution in [0, 0.1) is 11.3 Å². The number of carbonyl (C=O) groups is 1. The highest BCUT2D eigenvalue weighted by Gasteiger charge is 2.07. The van der Waals surface area contributed by atoms with Gasteiger partial charge in [-0.25, -0.2) is 0 Å². The van der Waals surface area contributed by atoms with Gasteiger partial charge in [0, 0.05) is 5.69 Å². The molecule has 0 atom stereocenters. The normalized spacial score (nSPS) is 9.68. The predicted octanol–water partition coefficient (Wildman–Crippen LogP) is 3.24. The van der Waals surface area contributed by atoms with Gasteiger partial charge in [-0.15, -0.1) is 0 Å². The first-order valence-electron chi connectivity index (χ1n) is 6.38. The number of nitrogens with one attached hydrogen (secondary N) is 1. The molecule has 22 heavy (non-hydrogen) atoms. The Morgan fingerprint density at radius 2 is 2.00 bits per heavy atom. The summed E-state index contributed by atoms with van der Waals surface area (Å²) >= 11 is 5.96. The van der Waals surface area contributed by atoms with E-state index in [0.29, 0.717) is 22.7 Å². The van der Waals surface area contributed by atoms with Gasteiger partial charge in [0.05, 0.1) is 23.8 Å². The van der Waals surface area contributed by atoms with Gasteiger partial charge >= 0.3 is 0 Å². The molecule has 112 valence electrons. The van der Waals surface area contributed by atoms with Crippen LogP contribution in [0.25, 0.3) is 0 Å². The summed E-state index contributed by atoms with van der Waals surface area (Å²) in [4.78, 5) is 11.8. The number of methoxy groups -OCH3 is 1. The van der Waals surface area contributed by atoms with Gasteiger partial charge in [0.2, 0.25) is 0 Å². The van der Waals surface area contributed by atoms with E-state index in [1.807, 2.05) is 6.07 Å². The molecule has 6 heteroatoms. The molecule has 2 aromatic rings. The quantitative estimate of drug-likeness (QED) is 0.919. The minimum atomic E-state index is -0.314. The van der Waals surface area contributed by atoms with Crippen LogP contribution in [0.3, 0.4) is 0 Å². The summed E-state index contributed by atoms with van der Waals surface area (Å²) in [5.74, 6) is 0.745. The van der Waals surface area contributed by atoms with Crippen molar-refractivity contribution in [2.75, 3.05) is 19.0 Å². The summed E-state index contributed by atoms with van der Waals surface area (Å²) in [5, 5.41) is 11.7. The number of ether oxygens (including phenoxy) is 2. The Morgan fingerprint density at radius 3 is 2.59 bits per heavy atom. The Labute approximate surface area is 133 Å². The Balaban J connectivity index is 1.91. The third-order valence-electron chi connectivity index (χ3n) is 2.79. The number of rotatable bonds is 5. The van der Waals surface area contributed by atoms with Crippen molar-refractivity contribution < 1.29 is 14.3 Å². The van der Waals surface area contributed by atoms with Crippen LogP contribution in [-0.4, -0.2) is 19.6 Å². The molecule has 0 bridgehead atoms. The molecule has 2 aromatic carbocycles. The molecule has 0 aliphatic heterocycles. The minimum Gasteiger partial charge on any atom is -0.497 e. The first-order valence-corrected chi connectivity index (χ1v) is 6.76. The third kappa shape index (κ3) is 4.14. The zero-order valence-electron chi connectivity index (χ0n) is 11.8. The SMILES string of the molecule is COc1ccc(NC(=O)COc2ccc(C#N)cc2Cl)cc1. The molecular formula is C16H13ClN2O3. The van der Waals surface area contributed by atoms with E-state index >= 15 is 0 Å². The van der Waals surface area contributed by atoms with Crippen molar-refractivity contribution in [3.63, 3.8) is 0 Å². The topological polar surface area (TPSA) is 71.3 Å². The molecular weight excluding hydrogens is 304 g/mol. The second kappa shape index (κ2) is 7.34. The zero-order chi connectivity index (χ0) is 15.9. The fourth-order valence-electron chi connectivity index (χ4n) is 1.70. The van der Waals surface area contributed by atoms with Crippen molar-refractivity contribution in [2.45, 2.75) is 0 Å². The van der Waals surface area contributed by atoms with E-state index in [1.54, 1.807) is 43.5 Å². The second-order valence-electron chi connectivity index (χ2n) is 4.32.